The molecule has 0 unspecified atom stereocenters. The molecule has 0 aromatic heterocycles. The Kier molecular flexibility index (Phi) is 4.94. The van der Waals surface area contributed by atoms with Gasteiger partial charge in [-0.15, -0.1) is 0 Å². The van der Waals surface area contributed by atoms with E-state index in [2.05, 4.69) is 0 Å². The Balaban J connectivity index is 1.72. The van der Waals surface area contributed by atoms with Crippen molar-refractivity contribution >= 4 is 11.6 Å². The summed E-state index contributed by atoms with van der Waals surface area (Å²) < 4.78 is 39.6. The molecule has 1 saturated heterocycles. The van der Waals surface area contributed by atoms with Gasteiger partial charge in [-0.1, -0.05) is 18.2 Å². The molecule has 138 valence electrons. The largest absolute Gasteiger partial charge is 0.418 e. The molecular formula is C20H21F3N2O. The maximum absolute atomic E-state index is 13.2. The fourth-order valence-corrected chi connectivity index (χ4v) is 3.20. The smallest absolute Gasteiger partial charge is 0.367 e. The van der Waals surface area contributed by atoms with Crippen LogP contribution < -0.4 is 4.90 Å². The van der Waals surface area contributed by atoms with Gasteiger partial charge in [0.1, 0.15) is 0 Å². The third kappa shape index (κ3) is 3.69. The lowest BCUT2D eigenvalue weighted by molar-refractivity contribution is -0.137. The average molecular weight is 362 g/mol. The normalized spacial score (nSPS) is 15.3. The highest BCUT2D eigenvalue weighted by Gasteiger charge is 2.35. The predicted molar refractivity (Wildman–Crippen MR) is 95.5 cm³/mol. The zero-order chi connectivity index (χ0) is 18.9. The first-order valence-corrected chi connectivity index (χ1v) is 8.55. The zero-order valence-corrected chi connectivity index (χ0v) is 14.8. The van der Waals surface area contributed by atoms with Crippen LogP contribution >= 0.6 is 0 Å². The number of nitrogens with zero attached hydrogens (tertiary/aromatic N) is 2. The number of aryl methyl sites for hydroxylation is 2. The molecule has 0 aliphatic carbocycles. The van der Waals surface area contributed by atoms with Gasteiger partial charge in [0.2, 0.25) is 0 Å². The monoisotopic (exact) mass is 362 g/mol. The first kappa shape index (κ1) is 18.3. The summed E-state index contributed by atoms with van der Waals surface area (Å²) in [5.74, 6) is -0.0724. The molecule has 1 heterocycles. The van der Waals surface area contributed by atoms with Crippen LogP contribution in [0.1, 0.15) is 27.0 Å². The van der Waals surface area contributed by atoms with Crippen molar-refractivity contribution in [1.29, 1.82) is 0 Å². The minimum atomic E-state index is -4.39. The first-order valence-electron chi connectivity index (χ1n) is 8.55. The summed E-state index contributed by atoms with van der Waals surface area (Å²) in [6.45, 7) is 5.50. The van der Waals surface area contributed by atoms with Gasteiger partial charge in [-0.3, -0.25) is 4.79 Å². The molecule has 1 fully saturated rings. The number of hydrogen-bond donors (Lipinski definition) is 0. The van der Waals surface area contributed by atoms with Crippen molar-refractivity contribution < 1.29 is 18.0 Å². The number of carbonyl (C=O) groups excluding carboxylic acids is 1. The number of rotatable bonds is 2. The second-order valence-electron chi connectivity index (χ2n) is 6.59. The molecule has 26 heavy (non-hydrogen) atoms. The molecule has 0 spiro atoms. The molecule has 0 bridgehead atoms. The lowest BCUT2D eigenvalue weighted by Gasteiger charge is -2.37. The van der Waals surface area contributed by atoms with Crippen molar-refractivity contribution in [2.24, 2.45) is 0 Å². The lowest BCUT2D eigenvalue weighted by Crippen LogP contribution is -2.49. The van der Waals surface area contributed by atoms with Gasteiger partial charge in [0, 0.05) is 37.4 Å². The summed E-state index contributed by atoms with van der Waals surface area (Å²) in [6.07, 6.45) is -4.39. The van der Waals surface area contributed by atoms with Gasteiger partial charge in [-0.25, -0.2) is 0 Å². The van der Waals surface area contributed by atoms with E-state index in [-0.39, 0.29) is 11.6 Å². The molecule has 3 nitrogen and oxygen atoms in total. The summed E-state index contributed by atoms with van der Waals surface area (Å²) in [5.41, 5.74) is 2.34. The van der Waals surface area contributed by atoms with Crippen LogP contribution in [0, 0.1) is 13.8 Å². The number of anilines is 1. The Labute approximate surface area is 151 Å². The number of benzene rings is 2. The van der Waals surface area contributed by atoms with Crippen LogP contribution in [0.15, 0.2) is 42.5 Å². The Hall–Kier alpha value is -2.50. The van der Waals surface area contributed by atoms with Crippen molar-refractivity contribution in [2.45, 2.75) is 20.0 Å². The zero-order valence-electron chi connectivity index (χ0n) is 14.8. The van der Waals surface area contributed by atoms with E-state index in [1.165, 1.54) is 12.1 Å². The van der Waals surface area contributed by atoms with Crippen molar-refractivity contribution in [3.8, 4) is 0 Å². The van der Waals surface area contributed by atoms with Crippen molar-refractivity contribution in [3.05, 3.63) is 64.7 Å². The van der Waals surface area contributed by atoms with Gasteiger partial charge in [0.25, 0.3) is 5.91 Å². The van der Waals surface area contributed by atoms with Gasteiger partial charge in [0.15, 0.2) is 0 Å². The number of amides is 1. The minimum Gasteiger partial charge on any atom is -0.367 e. The Bertz CT molecular complexity index is 809. The number of carbonyl (C=O) groups is 1. The molecule has 6 heteroatoms. The highest BCUT2D eigenvalue weighted by Crippen LogP contribution is 2.36. The summed E-state index contributed by atoms with van der Waals surface area (Å²) in [6, 6.07) is 11.2. The van der Waals surface area contributed by atoms with Crippen LogP contribution in [0.25, 0.3) is 0 Å². The molecule has 0 atom stereocenters. The molecule has 0 saturated carbocycles. The number of para-hydroxylation sites is 1. The van der Waals surface area contributed by atoms with E-state index in [0.717, 1.165) is 17.2 Å². The Morgan fingerprint density at radius 3 is 2.19 bits per heavy atom. The van der Waals surface area contributed by atoms with Crippen LogP contribution in [0.4, 0.5) is 18.9 Å². The summed E-state index contributed by atoms with van der Waals surface area (Å²) >= 11 is 0. The second kappa shape index (κ2) is 7.02. The molecule has 2 aromatic rings. The number of piperazine rings is 1. The van der Waals surface area contributed by atoms with E-state index in [9.17, 15) is 18.0 Å². The summed E-state index contributed by atoms with van der Waals surface area (Å²) in [4.78, 5) is 16.1. The SMILES string of the molecule is Cc1ccc(C(=O)N2CCN(c3ccccc3C(F)(F)F)CC2)cc1C. The Morgan fingerprint density at radius 1 is 0.923 bits per heavy atom. The van der Waals surface area contributed by atoms with Crippen LogP contribution in [0.3, 0.4) is 0 Å². The number of hydrogen-bond acceptors (Lipinski definition) is 2. The lowest BCUT2D eigenvalue weighted by atomic mass is 10.1. The number of alkyl halides is 3. The second-order valence-corrected chi connectivity index (χ2v) is 6.59. The summed E-state index contributed by atoms with van der Waals surface area (Å²) in [5, 5.41) is 0. The molecule has 2 aromatic carbocycles. The van der Waals surface area contributed by atoms with Gasteiger partial charge < -0.3 is 9.80 Å². The molecule has 1 amide bonds. The van der Waals surface area contributed by atoms with Crippen molar-refractivity contribution in [2.75, 3.05) is 31.1 Å². The molecule has 1 aliphatic heterocycles. The molecule has 3 rings (SSSR count). The first-order chi connectivity index (χ1) is 12.3. The Morgan fingerprint density at radius 2 is 1.58 bits per heavy atom. The quantitative estimate of drug-likeness (QED) is 0.796. The van der Waals surface area contributed by atoms with Crippen LogP contribution in [0.2, 0.25) is 0 Å². The van der Waals surface area contributed by atoms with E-state index in [1.807, 2.05) is 26.0 Å². The van der Waals surface area contributed by atoms with Crippen molar-refractivity contribution in [1.82, 2.24) is 4.90 Å². The van der Waals surface area contributed by atoms with Crippen LogP contribution in [-0.2, 0) is 6.18 Å². The maximum atomic E-state index is 13.2. The molecule has 1 aliphatic rings. The van der Waals surface area contributed by atoms with Crippen LogP contribution in [-0.4, -0.2) is 37.0 Å². The summed E-state index contributed by atoms with van der Waals surface area (Å²) in [7, 11) is 0. The fourth-order valence-electron chi connectivity index (χ4n) is 3.20. The van der Waals surface area contributed by atoms with Crippen LogP contribution in [0.5, 0.6) is 0 Å². The topological polar surface area (TPSA) is 23.6 Å². The predicted octanol–water partition coefficient (Wildman–Crippen LogP) is 4.28. The standard InChI is InChI=1S/C20H21F3N2O/c1-14-7-8-16(13-15(14)2)19(26)25-11-9-24(10-12-25)18-6-4-3-5-17(18)20(21,22)23/h3-8,13H,9-12H2,1-2H3. The molecule has 0 radical (unpaired) electrons. The molecular weight excluding hydrogens is 341 g/mol. The van der Waals surface area contributed by atoms with E-state index < -0.39 is 11.7 Å². The average Bonchev–Trinajstić information content (AvgIpc) is 2.63. The van der Waals surface area contributed by atoms with Gasteiger partial charge in [0.05, 0.1) is 5.56 Å². The minimum absolute atomic E-state index is 0.0724. The van der Waals surface area contributed by atoms with Gasteiger partial charge >= 0.3 is 6.18 Å². The fraction of sp³-hybridized carbons (Fsp3) is 0.350. The number of halogens is 3. The van der Waals surface area contributed by atoms with Gasteiger partial charge in [-0.2, -0.15) is 13.2 Å². The van der Waals surface area contributed by atoms with E-state index in [4.69, 9.17) is 0 Å². The van der Waals surface area contributed by atoms with Crippen molar-refractivity contribution in [3.63, 3.8) is 0 Å². The third-order valence-corrected chi connectivity index (χ3v) is 4.87. The highest BCUT2D eigenvalue weighted by molar-refractivity contribution is 5.94. The van der Waals surface area contributed by atoms with E-state index in [1.54, 1.807) is 21.9 Å². The maximum Gasteiger partial charge on any atom is 0.418 e. The highest BCUT2D eigenvalue weighted by atomic mass is 19.4. The van der Waals surface area contributed by atoms with Gasteiger partial charge in [-0.05, 0) is 49.2 Å². The van der Waals surface area contributed by atoms with E-state index >= 15 is 0 Å². The molecule has 0 N–H and O–H groups in total. The van der Waals surface area contributed by atoms with E-state index in [0.29, 0.717) is 31.7 Å². The third-order valence-electron chi connectivity index (χ3n) is 4.87.